The van der Waals surface area contributed by atoms with E-state index in [2.05, 4.69) is 10.4 Å². The summed E-state index contributed by atoms with van der Waals surface area (Å²) in [7, 11) is 5.15. The first-order chi connectivity index (χ1) is 8.67. The molecule has 2 rings (SSSR count). The Labute approximate surface area is 105 Å². The van der Waals surface area contributed by atoms with Crippen molar-refractivity contribution in [1.82, 2.24) is 15.1 Å². The van der Waals surface area contributed by atoms with Crippen LogP contribution in [0.1, 0.15) is 17.2 Å². The number of methoxy groups -OCH3 is 1. The molecule has 0 spiro atoms. The Kier molecular flexibility index (Phi) is 3.62. The number of benzene rings is 1. The highest BCUT2D eigenvalue weighted by molar-refractivity contribution is 5.41. The van der Waals surface area contributed by atoms with Gasteiger partial charge in [-0.15, -0.1) is 0 Å². The maximum absolute atomic E-state index is 14.0. The third kappa shape index (κ3) is 2.22. The van der Waals surface area contributed by atoms with Crippen molar-refractivity contribution < 1.29 is 9.13 Å². The number of aromatic nitrogens is 2. The lowest BCUT2D eigenvalue weighted by Crippen LogP contribution is -2.19. The van der Waals surface area contributed by atoms with E-state index >= 15 is 0 Å². The lowest BCUT2D eigenvalue weighted by molar-refractivity contribution is 0.398. The average molecular weight is 249 g/mol. The average Bonchev–Trinajstić information content (AvgIpc) is 2.78. The van der Waals surface area contributed by atoms with Gasteiger partial charge in [0.25, 0.3) is 0 Å². The smallest absolute Gasteiger partial charge is 0.132 e. The van der Waals surface area contributed by atoms with Crippen LogP contribution in [0.2, 0.25) is 0 Å². The van der Waals surface area contributed by atoms with Crippen LogP contribution in [0.25, 0.3) is 0 Å². The number of hydrogen-bond acceptors (Lipinski definition) is 3. The first kappa shape index (κ1) is 12.6. The van der Waals surface area contributed by atoms with Gasteiger partial charge in [0, 0.05) is 18.8 Å². The van der Waals surface area contributed by atoms with Gasteiger partial charge in [-0.05, 0) is 19.2 Å². The molecule has 0 fully saturated rings. The van der Waals surface area contributed by atoms with Gasteiger partial charge < -0.3 is 10.1 Å². The molecule has 18 heavy (non-hydrogen) atoms. The van der Waals surface area contributed by atoms with E-state index in [0.717, 1.165) is 5.56 Å². The summed E-state index contributed by atoms with van der Waals surface area (Å²) in [6, 6.07) is 4.53. The fourth-order valence-corrected chi connectivity index (χ4v) is 2.04. The molecular formula is C13H16FN3O. The third-order valence-corrected chi connectivity index (χ3v) is 2.87. The largest absolute Gasteiger partial charge is 0.496 e. The number of halogens is 1. The highest BCUT2D eigenvalue weighted by Crippen LogP contribution is 2.31. The summed E-state index contributed by atoms with van der Waals surface area (Å²) in [5, 5.41) is 7.20. The lowest BCUT2D eigenvalue weighted by atomic mass is 10.00. The molecule has 1 aromatic heterocycles. The van der Waals surface area contributed by atoms with Crippen molar-refractivity contribution in [3.05, 3.63) is 47.5 Å². The molecule has 0 aliphatic carbocycles. The maximum atomic E-state index is 14.0. The minimum atomic E-state index is -0.294. The topological polar surface area (TPSA) is 39.1 Å². The maximum Gasteiger partial charge on any atom is 0.132 e. The molecule has 1 heterocycles. The fraction of sp³-hybridized carbons (Fsp3) is 0.308. The molecule has 1 atom stereocenters. The second-order valence-corrected chi connectivity index (χ2v) is 4.02. The number of nitrogens with zero attached hydrogens (tertiary/aromatic N) is 2. The first-order valence-electron chi connectivity index (χ1n) is 5.65. The summed E-state index contributed by atoms with van der Waals surface area (Å²) in [6.07, 6.45) is 3.57. The Morgan fingerprint density at radius 3 is 2.78 bits per heavy atom. The van der Waals surface area contributed by atoms with Crippen LogP contribution in [0.15, 0.2) is 30.6 Å². The zero-order valence-electron chi connectivity index (χ0n) is 10.6. The summed E-state index contributed by atoms with van der Waals surface area (Å²) in [6.45, 7) is 0. The molecule has 4 nitrogen and oxygen atoms in total. The molecule has 0 aliphatic heterocycles. The van der Waals surface area contributed by atoms with Crippen LogP contribution >= 0.6 is 0 Å². The van der Waals surface area contributed by atoms with Crippen LogP contribution in [-0.4, -0.2) is 23.9 Å². The molecule has 0 saturated heterocycles. The minimum Gasteiger partial charge on any atom is -0.496 e. The molecule has 1 N–H and O–H groups in total. The van der Waals surface area contributed by atoms with Gasteiger partial charge in [0.15, 0.2) is 0 Å². The zero-order chi connectivity index (χ0) is 13.1. The quantitative estimate of drug-likeness (QED) is 0.899. The van der Waals surface area contributed by atoms with Crippen molar-refractivity contribution in [2.75, 3.05) is 14.2 Å². The summed E-state index contributed by atoms with van der Waals surface area (Å²) >= 11 is 0. The highest BCUT2D eigenvalue weighted by atomic mass is 19.1. The molecule has 0 radical (unpaired) electrons. The highest BCUT2D eigenvalue weighted by Gasteiger charge is 2.21. The predicted octanol–water partition coefficient (Wildman–Crippen LogP) is 1.88. The van der Waals surface area contributed by atoms with E-state index < -0.39 is 0 Å². The monoisotopic (exact) mass is 249 g/mol. The Balaban J connectivity index is 2.51. The van der Waals surface area contributed by atoms with Crippen LogP contribution < -0.4 is 10.1 Å². The fourth-order valence-electron chi connectivity index (χ4n) is 2.04. The molecule has 0 amide bonds. The van der Waals surface area contributed by atoms with Crippen LogP contribution in [0.4, 0.5) is 4.39 Å². The van der Waals surface area contributed by atoms with Crippen molar-refractivity contribution in [2.45, 2.75) is 6.04 Å². The number of nitrogens with one attached hydrogen (secondary N) is 1. The molecule has 1 unspecified atom stereocenters. The molecular weight excluding hydrogens is 233 g/mol. The standard InChI is InChI=1S/C13H16FN3O/c1-15-13(9-7-16-17(2)8-9)12-10(14)5-4-6-11(12)18-3/h4-8,13,15H,1-3H3. The molecule has 96 valence electrons. The van der Waals surface area contributed by atoms with Gasteiger partial charge in [0.1, 0.15) is 11.6 Å². The van der Waals surface area contributed by atoms with Crippen LogP contribution in [0, 0.1) is 5.82 Å². The minimum absolute atomic E-state index is 0.283. The van der Waals surface area contributed by atoms with Crippen molar-refractivity contribution in [3.8, 4) is 5.75 Å². The summed E-state index contributed by atoms with van der Waals surface area (Å²) in [5.74, 6) is 0.232. The van der Waals surface area contributed by atoms with E-state index in [1.807, 2.05) is 13.2 Å². The van der Waals surface area contributed by atoms with Gasteiger partial charge in [-0.25, -0.2) is 4.39 Å². The van der Waals surface area contributed by atoms with E-state index in [0.29, 0.717) is 11.3 Å². The van der Waals surface area contributed by atoms with Gasteiger partial charge in [-0.2, -0.15) is 5.10 Å². The van der Waals surface area contributed by atoms with Gasteiger partial charge in [-0.1, -0.05) is 6.07 Å². The number of aryl methyl sites for hydroxylation is 1. The second kappa shape index (κ2) is 5.18. The normalized spacial score (nSPS) is 12.4. The second-order valence-electron chi connectivity index (χ2n) is 4.02. The molecule has 0 aliphatic rings. The van der Waals surface area contributed by atoms with Crippen LogP contribution in [-0.2, 0) is 7.05 Å². The molecule has 2 aromatic rings. The third-order valence-electron chi connectivity index (χ3n) is 2.87. The number of hydrogen-bond donors (Lipinski definition) is 1. The SMILES string of the molecule is CNC(c1cnn(C)c1)c1c(F)cccc1OC. The molecule has 0 bridgehead atoms. The van der Waals surface area contributed by atoms with E-state index in [1.54, 1.807) is 30.1 Å². The van der Waals surface area contributed by atoms with Crippen molar-refractivity contribution in [2.24, 2.45) is 7.05 Å². The van der Waals surface area contributed by atoms with E-state index in [9.17, 15) is 4.39 Å². The number of rotatable bonds is 4. The Hall–Kier alpha value is -1.88. The summed E-state index contributed by atoms with van der Waals surface area (Å²) in [4.78, 5) is 0. The first-order valence-corrected chi connectivity index (χ1v) is 5.65. The zero-order valence-corrected chi connectivity index (χ0v) is 10.6. The van der Waals surface area contributed by atoms with Gasteiger partial charge >= 0.3 is 0 Å². The Bertz CT molecular complexity index is 539. The molecule has 5 heteroatoms. The molecule has 1 aromatic carbocycles. The van der Waals surface area contributed by atoms with E-state index in [1.165, 1.54) is 13.2 Å². The van der Waals surface area contributed by atoms with Gasteiger partial charge in [0.2, 0.25) is 0 Å². The van der Waals surface area contributed by atoms with Gasteiger partial charge in [-0.3, -0.25) is 4.68 Å². The van der Waals surface area contributed by atoms with Gasteiger partial charge in [0.05, 0.1) is 24.9 Å². The molecule has 0 saturated carbocycles. The van der Waals surface area contributed by atoms with E-state index in [4.69, 9.17) is 4.74 Å². The van der Waals surface area contributed by atoms with Crippen LogP contribution in [0.5, 0.6) is 5.75 Å². The van der Waals surface area contributed by atoms with E-state index in [-0.39, 0.29) is 11.9 Å². The Morgan fingerprint density at radius 2 is 2.22 bits per heavy atom. The van der Waals surface area contributed by atoms with Crippen molar-refractivity contribution >= 4 is 0 Å². The summed E-state index contributed by atoms with van der Waals surface area (Å²) < 4.78 is 20.9. The lowest BCUT2D eigenvalue weighted by Gasteiger charge is -2.18. The van der Waals surface area contributed by atoms with Crippen molar-refractivity contribution in [1.29, 1.82) is 0 Å². The number of ether oxygens (including phenoxy) is 1. The predicted molar refractivity (Wildman–Crippen MR) is 67.1 cm³/mol. The Morgan fingerprint density at radius 1 is 1.44 bits per heavy atom. The van der Waals surface area contributed by atoms with Crippen molar-refractivity contribution in [3.63, 3.8) is 0 Å². The summed E-state index contributed by atoms with van der Waals surface area (Å²) in [5.41, 5.74) is 1.39. The van der Waals surface area contributed by atoms with Crippen LogP contribution in [0.3, 0.4) is 0 Å².